The van der Waals surface area contributed by atoms with Crippen molar-refractivity contribution in [1.82, 2.24) is 5.32 Å². The van der Waals surface area contributed by atoms with Crippen LogP contribution in [0.3, 0.4) is 0 Å². The Balaban J connectivity index is 1.73. The van der Waals surface area contributed by atoms with Crippen LogP contribution in [0.1, 0.15) is 37.7 Å². The molecule has 0 fully saturated rings. The second-order valence-electron chi connectivity index (χ2n) is 5.45. The summed E-state index contributed by atoms with van der Waals surface area (Å²) in [6, 6.07) is 5.31. The molecular weight excluding hydrogens is 318 g/mol. The van der Waals surface area contributed by atoms with Gasteiger partial charge in [0.15, 0.2) is 0 Å². The Hall–Kier alpha value is -2.01. The van der Waals surface area contributed by atoms with Gasteiger partial charge in [0, 0.05) is 23.6 Å². The van der Waals surface area contributed by atoms with Gasteiger partial charge in [-0.05, 0) is 37.1 Å². The normalized spacial score (nSPS) is 12.8. The minimum atomic E-state index is -0.761. The fourth-order valence-electron chi connectivity index (χ4n) is 2.35. The van der Waals surface area contributed by atoms with Gasteiger partial charge in [-0.1, -0.05) is 24.4 Å². The topological polar surface area (TPSA) is 75.6 Å². The van der Waals surface area contributed by atoms with Crippen LogP contribution in [0.5, 0.6) is 5.75 Å². The number of hydrogen-bond donors (Lipinski definition) is 2. The molecule has 2 N–H and O–H groups in total. The summed E-state index contributed by atoms with van der Waals surface area (Å²) in [5.74, 6) is -0.173. The number of hydrogen-bond acceptors (Lipinski definition) is 3. The maximum Gasteiger partial charge on any atom is 0.303 e. The predicted molar refractivity (Wildman–Crippen MR) is 88.7 cm³/mol. The highest BCUT2D eigenvalue weighted by molar-refractivity contribution is 6.30. The summed E-state index contributed by atoms with van der Waals surface area (Å²) >= 11 is 5.95. The monoisotopic (exact) mass is 337 g/mol. The first-order valence-electron chi connectivity index (χ1n) is 7.69. The third-order valence-electron chi connectivity index (χ3n) is 3.58. The molecule has 6 heteroatoms. The van der Waals surface area contributed by atoms with E-state index >= 15 is 0 Å². The third-order valence-corrected chi connectivity index (χ3v) is 3.81. The van der Waals surface area contributed by atoms with Crippen LogP contribution in [0.4, 0.5) is 0 Å². The predicted octanol–water partition coefficient (Wildman–Crippen LogP) is 3.27. The molecule has 2 rings (SSSR count). The van der Waals surface area contributed by atoms with Crippen molar-refractivity contribution in [2.45, 2.75) is 32.1 Å². The average Bonchev–Trinajstić information content (AvgIpc) is 2.52. The van der Waals surface area contributed by atoms with Crippen LogP contribution in [-0.4, -0.2) is 30.1 Å². The van der Waals surface area contributed by atoms with Gasteiger partial charge < -0.3 is 15.2 Å². The van der Waals surface area contributed by atoms with Crippen molar-refractivity contribution in [3.8, 4) is 5.75 Å². The van der Waals surface area contributed by atoms with Crippen molar-refractivity contribution >= 4 is 29.6 Å². The van der Waals surface area contributed by atoms with Crippen LogP contribution in [0.15, 0.2) is 23.8 Å². The Bertz CT molecular complexity index is 613. The Morgan fingerprint density at radius 1 is 1.22 bits per heavy atom. The number of rotatable bonds is 8. The second kappa shape index (κ2) is 8.58. The van der Waals surface area contributed by atoms with Crippen LogP contribution < -0.4 is 10.1 Å². The van der Waals surface area contributed by atoms with Gasteiger partial charge in [0.2, 0.25) is 0 Å². The molecular formula is C17H20ClNO4. The number of carboxylic acids is 1. The highest BCUT2D eigenvalue weighted by Gasteiger charge is 2.17. The van der Waals surface area contributed by atoms with Gasteiger partial charge in [0.25, 0.3) is 5.91 Å². The lowest BCUT2D eigenvalue weighted by molar-refractivity contribution is -0.137. The Morgan fingerprint density at radius 3 is 2.78 bits per heavy atom. The number of amides is 1. The zero-order valence-corrected chi connectivity index (χ0v) is 13.6. The summed E-state index contributed by atoms with van der Waals surface area (Å²) in [6.07, 6.45) is 5.29. The lowest BCUT2D eigenvalue weighted by atomic mass is 10.1. The van der Waals surface area contributed by atoms with Gasteiger partial charge in [0.1, 0.15) is 12.4 Å². The molecule has 5 nitrogen and oxygen atoms in total. The second-order valence-corrected chi connectivity index (χ2v) is 5.89. The molecule has 0 unspecified atom stereocenters. The van der Waals surface area contributed by atoms with E-state index < -0.39 is 5.97 Å². The molecule has 124 valence electrons. The molecule has 0 saturated heterocycles. The number of fused-ring (bicyclic) bond motifs is 1. The highest BCUT2D eigenvalue weighted by atomic mass is 35.5. The smallest absolute Gasteiger partial charge is 0.303 e. The summed E-state index contributed by atoms with van der Waals surface area (Å²) in [6.45, 7) is 0.824. The summed E-state index contributed by atoms with van der Waals surface area (Å²) in [7, 11) is 0. The summed E-state index contributed by atoms with van der Waals surface area (Å²) in [4.78, 5) is 22.5. The highest BCUT2D eigenvalue weighted by Crippen LogP contribution is 2.28. The minimum absolute atomic E-state index is 0.138. The first kappa shape index (κ1) is 17.3. The summed E-state index contributed by atoms with van der Waals surface area (Å²) in [5.41, 5.74) is 1.38. The number of carbonyl (C=O) groups excluding carboxylic acids is 1. The number of ether oxygens (including phenoxy) is 1. The number of aliphatic carboxylic acids is 1. The molecule has 0 aromatic heterocycles. The molecule has 1 aliphatic rings. The molecule has 1 aliphatic heterocycles. The van der Waals surface area contributed by atoms with E-state index in [9.17, 15) is 9.59 Å². The third kappa shape index (κ3) is 5.60. The van der Waals surface area contributed by atoms with E-state index in [1.807, 2.05) is 0 Å². The minimum Gasteiger partial charge on any atom is -0.488 e. The SMILES string of the molecule is O=C(O)CCCCCCNC(=O)C1=Cc2cc(Cl)ccc2OC1. The molecule has 1 amide bonds. The maximum atomic E-state index is 12.1. The summed E-state index contributed by atoms with van der Waals surface area (Å²) < 4.78 is 5.55. The van der Waals surface area contributed by atoms with Crippen molar-refractivity contribution in [2.24, 2.45) is 0 Å². The molecule has 0 bridgehead atoms. The van der Waals surface area contributed by atoms with Crippen LogP contribution >= 0.6 is 11.6 Å². The molecule has 0 atom stereocenters. The molecule has 0 spiro atoms. The largest absolute Gasteiger partial charge is 0.488 e. The zero-order valence-electron chi connectivity index (χ0n) is 12.8. The van der Waals surface area contributed by atoms with E-state index in [-0.39, 0.29) is 18.9 Å². The van der Waals surface area contributed by atoms with E-state index in [2.05, 4.69) is 5.32 Å². The average molecular weight is 338 g/mol. The lowest BCUT2D eigenvalue weighted by Gasteiger charge is -2.17. The van der Waals surface area contributed by atoms with Crippen LogP contribution in [-0.2, 0) is 9.59 Å². The van der Waals surface area contributed by atoms with Gasteiger partial charge in [0.05, 0.1) is 5.57 Å². The Labute approximate surface area is 140 Å². The van der Waals surface area contributed by atoms with E-state index in [1.165, 1.54) is 0 Å². The fraction of sp³-hybridized carbons (Fsp3) is 0.412. The van der Waals surface area contributed by atoms with E-state index in [0.717, 1.165) is 30.6 Å². The quantitative estimate of drug-likeness (QED) is 0.714. The van der Waals surface area contributed by atoms with E-state index in [1.54, 1.807) is 24.3 Å². The number of nitrogens with one attached hydrogen (secondary N) is 1. The van der Waals surface area contributed by atoms with Crippen molar-refractivity contribution in [2.75, 3.05) is 13.2 Å². The number of carbonyl (C=O) groups is 2. The van der Waals surface area contributed by atoms with Crippen molar-refractivity contribution in [3.63, 3.8) is 0 Å². The van der Waals surface area contributed by atoms with Crippen molar-refractivity contribution in [1.29, 1.82) is 0 Å². The van der Waals surface area contributed by atoms with E-state index in [0.29, 0.717) is 23.6 Å². The van der Waals surface area contributed by atoms with Crippen molar-refractivity contribution < 1.29 is 19.4 Å². The maximum absolute atomic E-state index is 12.1. The fourth-order valence-corrected chi connectivity index (χ4v) is 2.53. The standard InChI is InChI=1S/C17H20ClNO4/c18-14-6-7-15-12(10-14)9-13(11-23-15)17(22)19-8-4-2-1-3-5-16(20)21/h6-7,9-10H,1-5,8,11H2,(H,19,22)(H,20,21). The lowest BCUT2D eigenvalue weighted by Crippen LogP contribution is -2.29. The van der Waals surface area contributed by atoms with Gasteiger partial charge in [-0.15, -0.1) is 0 Å². The Morgan fingerprint density at radius 2 is 2.00 bits per heavy atom. The molecule has 23 heavy (non-hydrogen) atoms. The molecule has 0 aliphatic carbocycles. The summed E-state index contributed by atoms with van der Waals surface area (Å²) in [5, 5.41) is 12.0. The molecule has 1 aromatic carbocycles. The van der Waals surface area contributed by atoms with Crippen molar-refractivity contribution in [3.05, 3.63) is 34.4 Å². The number of halogens is 1. The van der Waals surface area contributed by atoms with Crippen LogP contribution in [0, 0.1) is 0 Å². The first-order valence-corrected chi connectivity index (χ1v) is 8.07. The zero-order chi connectivity index (χ0) is 16.7. The number of benzene rings is 1. The Kier molecular flexibility index (Phi) is 6.47. The van der Waals surface area contributed by atoms with Gasteiger partial charge in [-0.2, -0.15) is 0 Å². The number of carboxylic acid groups (broad SMARTS) is 1. The molecule has 0 radical (unpaired) electrons. The first-order chi connectivity index (χ1) is 11.1. The van der Waals surface area contributed by atoms with E-state index in [4.69, 9.17) is 21.4 Å². The van der Waals surface area contributed by atoms with Gasteiger partial charge in [-0.3, -0.25) is 9.59 Å². The molecule has 1 heterocycles. The van der Waals surface area contributed by atoms with Gasteiger partial charge in [-0.25, -0.2) is 0 Å². The number of unbranched alkanes of at least 4 members (excludes halogenated alkanes) is 3. The van der Waals surface area contributed by atoms with Gasteiger partial charge >= 0.3 is 5.97 Å². The van der Waals surface area contributed by atoms with Crippen LogP contribution in [0.2, 0.25) is 5.02 Å². The molecule has 1 aromatic rings. The molecule has 0 saturated carbocycles. The van der Waals surface area contributed by atoms with Crippen LogP contribution in [0.25, 0.3) is 6.08 Å².